The van der Waals surface area contributed by atoms with E-state index in [0.29, 0.717) is 13.2 Å². The normalized spacial score (nSPS) is 11.3. The molecule has 0 radical (unpaired) electrons. The predicted octanol–water partition coefficient (Wildman–Crippen LogP) is 5.69. The Hall–Kier alpha value is -2.30. The van der Waals surface area contributed by atoms with Crippen molar-refractivity contribution in [3.63, 3.8) is 0 Å². The van der Waals surface area contributed by atoms with Gasteiger partial charge in [0.25, 0.3) is 0 Å². The van der Waals surface area contributed by atoms with Gasteiger partial charge in [-0.3, -0.25) is 0 Å². The molecule has 3 rings (SSSR count). The van der Waals surface area contributed by atoms with Crippen molar-refractivity contribution in [3.8, 4) is 11.5 Å². The van der Waals surface area contributed by atoms with Gasteiger partial charge in [-0.15, -0.1) is 0 Å². The van der Waals surface area contributed by atoms with Crippen LogP contribution in [0.2, 0.25) is 0 Å². The van der Waals surface area contributed by atoms with Crippen LogP contribution in [-0.2, 0) is 0 Å². The highest BCUT2D eigenvalue weighted by Gasteiger charge is 2.17. The molecule has 0 atom stereocenters. The highest BCUT2D eigenvalue weighted by molar-refractivity contribution is 6.11. The van der Waals surface area contributed by atoms with Crippen molar-refractivity contribution >= 4 is 21.5 Å². The fourth-order valence-electron chi connectivity index (χ4n) is 3.82. The molecular weight excluding hydrogens is 376 g/mol. The Morgan fingerprint density at radius 1 is 0.567 bits per heavy atom. The van der Waals surface area contributed by atoms with Crippen LogP contribution >= 0.6 is 0 Å². The summed E-state index contributed by atoms with van der Waals surface area (Å²) in [6, 6.07) is 12.9. The zero-order chi connectivity index (χ0) is 21.3. The Morgan fingerprint density at radius 2 is 1.00 bits per heavy atom. The monoisotopic (exact) mass is 410 g/mol. The molecule has 0 unspecified atom stereocenters. The summed E-state index contributed by atoms with van der Waals surface area (Å²) in [5.74, 6) is 1.83. The van der Waals surface area contributed by atoms with E-state index in [-0.39, 0.29) is 13.2 Å². The van der Waals surface area contributed by atoms with Crippen molar-refractivity contribution in [1.29, 1.82) is 0 Å². The summed E-state index contributed by atoms with van der Waals surface area (Å²) < 4.78 is 12.6. The van der Waals surface area contributed by atoms with Gasteiger partial charge in [0.15, 0.2) is 0 Å². The van der Waals surface area contributed by atoms with Gasteiger partial charge in [0.2, 0.25) is 0 Å². The maximum atomic E-state index is 9.00. The topological polar surface area (TPSA) is 58.9 Å². The Bertz CT molecular complexity index is 885. The zero-order valence-corrected chi connectivity index (χ0v) is 18.2. The van der Waals surface area contributed by atoms with Crippen LogP contribution in [0.15, 0.2) is 36.4 Å². The first-order valence-electron chi connectivity index (χ1n) is 11.1. The van der Waals surface area contributed by atoms with Crippen molar-refractivity contribution in [2.45, 2.75) is 52.4 Å². The van der Waals surface area contributed by atoms with E-state index in [9.17, 15) is 0 Å². The van der Waals surface area contributed by atoms with Crippen molar-refractivity contribution in [2.24, 2.45) is 0 Å². The molecule has 0 aliphatic heterocycles. The Balaban J connectivity index is 2.01. The minimum Gasteiger partial charge on any atom is -0.492 e. The molecule has 0 aromatic heterocycles. The predicted molar refractivity (Wildman–Crippen MR) is 124 cm³/mol. The fourth-order valence-corrected chi connectivity index (χ4v) is 3.82. The lowest BCUT2D eigenvalue weighted by molar-refractivity contribution is 0.266. The van der Waals surface area contributed by atoms with Crippen molar-refractivity contribution in [3.05, 3.63) is 47.5 Å². The number of rotatable bonds is 12. The van der Waals surface area contributed by atoms with E-state index in [1.807, 2.05) is 0 Å². The van der Waals surface area contributed by atoms with E-state index < -0.39 is 0 Å². The van der Waals surface area contributed by atoms with E-state index in [1.54, 1.807) is 0 Å². The Morgan fingerprint density at radius 3 is 1.40 bits per heavy atom. The summed E-state index contributed by atoms with van der Waals surface area (Å²) in [7, 11) is 0. The van der Waals surface area contributed by atoms with Gasteiger partial charge in [0.1, 0.15) is 11.5 Å². The number of aliphatic hydroxyl groups is 2. The highest BCUT2D eigenvalue weighted by atomic mass is 16.5. The van der Waals surface area contributed by atoms with Crippen molar-refractivity contribution in [2.75, 3.05) is 26.4 Å². The van der Waals surface area contributed by atoms with Crippen LogP contribution in [0.1, 0.15) is 49.7 Å². The third kappa shape index (κ3) is 5.44. The van der Waals surface area contributed by atoms with E-state index in [1.165, 1.54) is 11.1 Å². The molecule has 30 heavy (non-hydrogen) atoms. The molecule has 0 spiro atoms. The summed E-state index contributed by atoms with van der Waals surface area (Å²) in [5.41, 5.74) is 2.38. The SMILES string of the molecule is Cc1ccc2c(OCCCCCO)c3cc(C)ccc3c(OCCCCCO)c2c1. The number of unbranched alkanes of at least 4 members (excludes halogenated alkanes) is 4. The molecule has 162 valence electrons. The summed E-state index contributed by atoms with van der Waals surface area (Å²) in [6.07, 6.45) is 5.38. The lowest BCUT2D eigenvalue weighted by Crippen LogP contribution is -2.03. The van der Waals surface area contributed by atoms with Gasteiger partial charge in [-0.25, -0.2) is 0 Å². The number of benzene rings is 3. The van der Waals surface area contributed by atoms with Crippen LogP contribution in [0.3, 0.4) is 0 Å². The minimum absolute atomic E-state index is 0.231. The molecule has 0 aliphatic rings. The molecule has 0 saturated heterocycles. The molecule has 4 heteroatoms. The van der Waals surface area contributed by atoms with Crippen LogP contribution < -0.4 is 9.47 Å². The van der Waals surface area contributed by atoms with E-state index in [0.717, 1.165) is 71.6 Å². The first-order chi connectivity index (χ1) is 14.7. The summed E-state index contributed by atoms with van der Waals surface area (Å²) in [4.78, 5) is 0. The number of hydrogen-bond donors (Lipinski definition) is 2. The van der Waals surface area contributed by atoms with Gasteiger partial charge in [-0.1, -0.05) is 35.4 Å². The number of ether oxygens (including phenoxy) is 2. The summed E-state index contributed by atoms with van der Waals surface area (Å²) in [5, 5.41) is 22.3. The zero-order valence-electron chi connectivity index (χ0n) is 18.2. The number of aliphatic hydroxyl groups excluding tert-OH is 2. The van der Waals surface area contributed by atoms with Gasteiger partial charge < -0.3 is 19.7 Å². The molecule has 0 aliphatic carbocycles. The second-order valence-corrected chi connectivity index (χ2v) is 8.02. The molecule has 0 fully saturated rings. The van der Waals surface area contributed by atoms with Crippen molar-refractivity contribution in [1.82, 2.24) is 0 Å². The average molecular weight is 411 g/mol. The molecule has 0 amide bonds. The molecule has 3 aromatic carbocycles. The maximum Gasteiger partial charge on any atom is 0.135 e. The summed E-state index contributed by atoms with van der Waals surface area (Å²) >= 11 is 0. The Kier molecular flexibility index (Phi) is 8.35. The van der Waals surface area contributed by atoms with E-state index in [4.69, 9.17) is 19.7 Å². The highest BCUT2D eigenvalue weighted by Crippen LogP contribution is 2.43. The quantitative estimate of drug-likeness (QED) is 0.297. The van der Waals surface area contributed by atoms with Crippen LogP contribution in [0, 0.1) is 13.8 Å². The Labute approximate surface area is 179 Å². The lowest BCUT2D eigenvalue weighted by atomic mass is 9.97. The summed E-state index contributed by atoms with van der Waals surface area (Å²) in [6.45, 7) is 5.92. The van der Waals surface area contributed by atoms with Crippen LogP contribution in [0.4, 0.5) is 0 Å². The minimum atomic E-state index is 0.231. The second-order valence-electron chi connectivity index (χ2n) is 8.02. The standard InChI is InChI=1S/C26H34O4/c1-19-9-11-21-23(17-19)25(29-15-7-3-5-13-27)22-12-10-20(2)18-24(22)26(21)30-16-8-4-6-14-28/h9-12,17-18,27-28H,3-8,13-16H2,1-2H3. The van der Waals surface area contributed by atoms with E-state index >= 15 is 0 Å². The van der Waals surface area contributed by atoms with Gasteiger partial charge >= 0.3 is 0 Å². The fraction of sp³-hybridized carbons (Fsp3) is 0.462. The van der Waals surface area contributed by atoms with Crippen LogP contribution in [0.25, 0.3) is 21.5 Å². The molecule has 4 nitrogen and oxygen atoms in total. The maximum absolute atomic E-state index is 9.00. The molecule has 0 bridgehead atoms. The first kappa shape index (κ1) is 22.4. The third-order valence-corrected chi connectivity index (χ3v) is 5.43. The number of fused-ring (bicyclic) bond motifs is 2. The van der Waals surface area contributed by atoms with Crippen LogP contribution in [-0.4, -0.2) is 36.6 Å². The van der Waals surface area contributed by atoms with Gasteiger partial charge in [0.05, 0.1) is 13.2 Å². The lowest BCUT2D eigenvalue weighted by Gasteiger charge is -2.19. The second kappa shape index (κ2) is 11.2. The van der Waals surface area contributed by atoms with Gasteiger partial charge in [0, 0.05) is 34.8 Å². The molecule has 0 heterocycles. The van der Waals surface area contributed by atoms with Gasteiger partial charge in [-0.05, 0) is 64.5 Å². The van der Waals surface area contributed by atoms with Crippen molar-refractivity contribution < 1.29 is 19.7 Å². The first-order valence-corrected chi connectivity index (χ1v) is 11.1. The smallest absolute Gasteiger partial charge is 0.135 e. The molecule has 0 saturated carbocycles. The largest absolute Gasteiger partial charge is 0.492 e. The molecular formula is C26H34O4. The molecule has 2 N–H and O–H groups in total. The third-order valence-electron chi connectivity index (χ3n) is 5.43. The van der Waals surface area contributed by atoms with E-state index in [2.05, 4.69) is 50.2 Å². The molecule has 3 aromatic rings. The number of aryl methyl sites for hydroxylation is 2. The van der Waals surface area contributed by atoms with Crippen LogP contribution in [0.5, 0.6) is 11.5 Å². The van der Waals surface area contributed by atoms with Gasteiger partial charge in [-0.2, -0.15) is 0 Å². The number of hydrogen-bond acceptors (Lipinski definition) is 4. The average Bonchev–Trinajstić information content (AvgIpc) is 2.74.